The molecule has 1 unspecified atom stereocenters. The first-order chi connectivity index (χ1) is 9.72. The monoisotopic (exact) mass is 316 g/mol. The number of likely N-dealkylation sites (tertiary alicyclic amines) is 1. The van der Waals surface area contributed by atoms with Gasteiger partial charge in [-0.3, -0.25) is 4.90 Å². The third-order valence-corrected chi connectivity index (χ3v) is 4.49. The van der Waals surface area contributed by atoms with E-state index in [1.165, 1.54) is 12.8 Å². The lowest BCUT2D eigenvalue weighted by molar-refractivity contribution is 0.191. The van der Waals surface area contributed by atoms with Crippen LogP contribution in [-0.4, -0.2) is 44.3 Å². The molecule has 1 aromatic carbocycles. The zero-order chi connectivity index (χ0) is 14.4. The average Bonchev–Trinajstić information content (AvgIpc) is 2.87. The minimum absolute atomic E-state index is 0.555. The molecule has 1 aliphatic heterocycles. The van der Waals surface area contributed by atoms with Gasteiger partial charge in [0.2, 0.25) is 0 Å². The molecule has 1 heterocycles. The molecule has 1 aromatic rings. The molecule has 1 N–H and O–H groups in total. The Balaban J connectivity index is 1.90. The zero-order valence-electron chi connectivity index (χ0n) is 11.9. The summed E-state index contributed by atoms with van der Waals surface area (Å²) in [5.74, 6) is 0. The second-order valence-corrected chi connectivity index (χ2v) is 5.98. The Labute approximate surface area is 131 Å². The summed E-state index contributed by atoms with van der Waals surface area (Å²) in [6, 6.07) is 6.26. The molecule has 0 aromatic heterocycles. The fourth-order valence-corrected chi connectivity index (χ4v) is 3.18. The predicted molar refractivity (Wildman–Crippen MR) is 84.6 cm³/mol. The first-order valence-corrected chi connectivity index (χ1v) is 7.84. The Morgan fingerprint density at radius 3 is 2.80 bits per heavy atom. The maximum absolute atomic E-state index is 6.26. The highest BCUT2D eigenvalue weighted by Crippen LogP contribution is 2.28. The van der Waals surface area contributed by atoms with Gasteiger partial charge in [-0.15, -0.1) is 0 Å². The van der Waals surface area contributed by atoms with Crippen LogP contribution in [0.4, 0.5) is 0 Å². The SMILES string of the molecule is COCCNCC1CCCN1Cc1c(Cl)cccc1Cl. The van der Waals surface area contributed by atoms with Crippen LogP contribution in [0.15, 0.2) is 18.2 Å². The van der Waals surface area contributed by atoms with Gasteiger partial charge in [-0.25, -0.2) is 0 Å². The van der Waals surface area contributed by atoms with Gasteiger partial charge in [0.1, 0.15) is 0 Å². The summed E-state index contributed by atoms with van der Waals surface area (Å²) < 4.78 is 5.05. The molecule has 0 aliphatic carbocycles. The Morgan fingerprint density at radius 2 is 2.10 bits per heavy atom. The van der Waals surface area contributed by atoms with E-state index < -0.39 is 0 Å². The molecule has 0 spiro atoms. The van der Waals surface area contributed by atoms with Crippen LogP contribution >= 0.6 is 23.2 Å². The van der Waals surface area contributed by atoms with Gasteiger partial charge >= 0.3 is 0 Å². The molecule has 112 valence electrons. The van der Waals surface area contributed by atoms with Crippen LogP contribution in [0.1, 0.15) is 18.4 Å². The van der Waals surface area contributed by atoms with Gasteiger partial charge in [0.15, 0.2) is 0 Å². The maximum Gasteiger partial charge on any atom is 0.0587 e. The van der Waals surface area contributed by atoms with E-state index in [-0.39, 0.29) is 0 Å². The minimum Gasteiger partial charge on any atom is -0.383 e. The van der Waals surface area contributed by atoms with E-state index >= 15 is 0 Å². The lowest BCUT2D eigenvalue weighted by Gasteiger charge is -2.25. The maximum atomic E-state index is 6.26. The molecule has 1 aliphatic rings. The summed E-state index contributed by atoms with van der Waals surface area (Å²) in [5.41, 5.74) is 1.04. The highest BCUT2D eigenvalue weighted by atomic mass is 35.5. The largest absolute Gasteiger partial charge is 0.383 e. The summed E-state index contributed by atoms with van der Waals surface area (Å²) >= 11 is 12.5. The number of halogens is 2. The molecule has 3 nitrogen and oxygen atoms in total. The summed E-state index contributed by atoms with van der Waals surface area (Å²) in [6.07, 6.45) is 2.46. The minimum atomic E-state index is 0.555. The quantitative estimate of drug-likeness (QED) is 0.782. The fraction of sp³-hybridized carbons (Fsp3) is 0.600. The van der Waals surface area contributed by atoms with Crippen molar-refractivity contribution in [2.45, 2.75) is 25.4 Å². The van der Waals surface area contributed by atoms with Crippen molar-refractivity contribution in [3.63, 3.8) is 0 Å². The van der Waals surface area contributed by atoms with Crippen molar-refractivity contribution >= 4 is 23.2 Å². The standard InChI is InChI=1S/C15H22Cl2N2O/c1-20-9-7-18-10-12-4-3-8-19(12)11-13-14(16)5-2-6-15(13)17/h2,5-6,12,18H,3-4,7-11H2,1H3. The Bertz CT molecular complexity index is 408. The molecule has 20 heavy (non-hydrogen) atoms. The van der Waals surface area contributed by atoms with E-state index in [0.717, 1.165) is 48.4 Å². The Hall–Kier alpha value is -0.320. The molecule has 2 rings (SSSR count). The molecule has 1 atom stereocenters. The van der Waals surface area contributed by atoms with Crippen molar-refractivity contribution in [3.8, 4) is 0 Å². The molecule has 0 bridgehead atoms. The van der Waals surface area contributed by atoms with Gasteiger partial charge in [-0.1, -0.05) is 29.3 Å². The summed E-state index contributed by atoms with van der Waals surface area (Å²) in [5, 5.41) is 4.96. The van der Waals surface area contributed by atoms with Crippen LogP contribution < -0.4 is 5.32 Å². The summed E-state index contributed by atoms with van der Waals surface area (Å²) in [4.78, 5) is 2.47. The molecule has 1 saturated heterocycles. The number of methoxy groups -OCH3 is 1. The second-order valence-electron chi connectivity index (χ2n) is 5.16. The van der Waals surface area contributed by atoms with Crippen LogP contribution in [0.5, 0.6) is 0 Å². The van der Waals surface area contributed by atoms with Crippen LogP contribution in [0.2, 0.25) is 10.0 Å². The molecule has 5 heteroatoms. The number of nitrogens with zero attached hydrogens (tertiary/aromatic N) is 1. The van der Waals surface area contributed by atoms with Crippen LogP contribution in [0.3, 0.4) is 0 Å². The Kier molecular flexibility index (Phi) is 6.59. The van der Waals surface area contributed by atoms with E-state index in [4.69, 9.17) is 27.9 Å². The number of nitrogens with one attached hydrogen (secondary N) is 1. The van der Waals surface area contributed by atoms with Crippen molar-refractivity contribution in [1.29, 1.82) is 0 Å². The van der Waals surface area contributed by atoms with Crippen LogP contribution in [0.25, 0.3) is 0 Å². The van der Waals surface area contributed by atoms with Crippen LogP contribution in [0, 0.1) is 0 Å². The molecule has 1 fully saturated rings. The van der Waals surface area contributed by atoms with Gasteiger partial charge in [0, 0.05) is 48.4 Å². The van der Waals surface area contributed by atoms with E-state index in [1.807, 2.05) is 18.2 Å². The highest BCUT2D eigenvalue weighted by molar-refractivity contribution is 6.35. The van der Waals surface area contributed by atoms with Gasteiger partial charge in [-0.05, 0) is 31.5 Å². The topological polar surface area (TPSA) is 24.5 Å². The molecule has 0 radical (unpaired) electrons. The highest BCUT2D eigenvalue weighted by Gasteiger charge is 2.25. The second kappa shape index (κ2) is 8.20. The van der Waals surface area contributed by atoms with E-state index in [0.29, 0.717) is 6.04 Å². The Morgan fingerprint density at radius 1 is 1.35 bits per heavy atom. The van der Waals surface area contributed by atoms with Crippen molar-refractivity contribution < 1.29 is 4.74 Å². The number of benzene rings is 1. The van der Waals surface area contributed by atoms with Gasteiger partial charge in [0.05, 0.1) is 6.61 Å². The fourth-order valence-electron chi connectivity index (χ4n) is 2.66. The van der Waals surface area contributed by atoms with E-state index in [9.17, 15) is 0 Å². The molecule has 0 saturated carbocycles. The van der Waals surface area contributed by atoms with Crippen molar-refractivity contribution in [2.24, 2.45) is 0 Å². The lowest BCUT2D eigenvalue weighted by Crippen LogP contribution is -2.38. The van der Waals surface area contributed by atoms with Crippen molar-refractivity contribution in [2.75, 3.05) is 33.4 Å². The molecule has 0 amide bonds. The van der Waals surface area contributed by atoms with E-state index in [2.05, 4.69) is 10.2 Å². The number of hydrogen-bond donors (Lipinski definition) is 1. The summed E-state index contributed by atoms with van der Waals surface area (Å²) in [6.45, 7) is 4.58. The number of rotatable bonds is 7. The van der Waals surface area contributed by atoms with Gasteiger partial charge < -0.3 is 10.1 Å². The summed E-state index contributed by atoms with van der Waals surface area (Å²) in [7, 11) is 1.73. The van der Waals surface area contributed by atoms with E-state index in [1.54, 1.807) is 7.11 Å². The van der Waals surface area contributed by atoms with Gasteiger partial charge in [0.25, 0.3) is 0 Å². The normalized spacial score (nSPS) is 19.6. The van der Waals surface area contributed by atoms with Crippen LogP contribution in [-0.2, 0) is 11.3 Å². The smallest absolute Gasteiger partial charge is 0.0587 e. The zero-order valence-corrected chi connectivity index (χ0v) is 13.4. The first kappa shape index (κ1) is 16.1. The van der Waals surface area contributed by atoms with Crippen molar-refractivity contribution in [3.05, 3.63) is 33.8 Å². The first-order valence-electron chi connectivity index (χ1n) is 7.09. The molecular weight excluding hydrogens is 295 g/mol. The number of ether oxygens (including phenoxy) is 1. The predicted octanol–water partition coefficient (Wildman–Crippen LogP) is 3.19. The number of hydrogen-bond acceptors (Lipinski definition) is 3. The van der Waals surface area contributed by atoms with Crippen molar-refractivity contribution in [1.82, 2.24) is 10.2 Å². The third kappa shape index (κ3) is 4.34. The molecular formula is C15H22Cl2N2O. The average molecular weight is 317 g/mol. The lowest BCUT2D eigenvalue weighted by atomic mass is 10.1. The van der Waals surface area contributed by atoms with Gasteiger partial charge in [-0.2, -0.15) is 0 Å². The third-order valence-electron chi connectivity index (χ3n) is 3.78.